The van der Waals surface area contributed by atoms with Gasteiger partial charge in [-0.2, -0.15) is 0 Å². The number of aryl methyl sites for hydroxylation is 1. The highest BCUT2D eigenvalue weighted by molar-refractivity contribution is 9.11. The lowest BCUT2D eigenvalue weighted by atomic mass is 10.2. The van der Waals surface area contributed by atoms with Gasteiger partial charge in [-0.3, -0.25) is 4.79 Å². The molecular formula is C12H16Br2N2O. The van der Waals surface area contributed by atoms with E-state index in [-0.39, 0.29) is 5.91 Å². The topological polar surface area (TPSA) is 55.1 Å². The molecule has 3 N–H and O–H groups in total. The van der Waals surface area contributed by atoms with Crippen molar-refractivity contribution in [2.24, 2.45) is 5.73 Å². The fraction of sp³-hybridized carbons (Fsp3) is 0.417. The fourth-order valence-corrected chi connectivity index (χ4v) is 3.06. The van der Waals surface area contributed by atoms with Crippen molar-refractivity contribution >= 4 is 43.5 Å². The lowest BCUT2D eigenvalue weighted by Crippen LogP contribution is -2.13. The van der Waals surface area contributed by atoms with E-state index in [1.165, 1.54) is 0 Å². The molecular weight excluding hydrogens is 348 g/mol. The molecule has 0 heterocycles. The lowest BCUT2D eigenvalue weighted by molar-refractivity contribution is -0.116. The Kier molecular flexibility index (Phi) is 6.16. The SMILES string of the molecule is Cc1cc(Br)c(NC(=O)CCCCN)c(Br)c1. The molecule has 0 fully saturated rings. The molecule has 0 atom stereocenters. The van der Waals surface area contributed by atoms with Crippen LogP contribution in [0.15, 0.2) is 21.1 Å². The van der Waals surface area contributed by atoms with Crippen LogP contribution in [0.5, 0.6) is 0 Å². The predicted molar refractivity (Wildman–Crippen MR) is 78.1 cm³/mol. The van der Waals surface area contributed by atoms with Gasteiger partial charge >= 0.3 is 0 Å². The third-order valence-corrected chi connectivity index (χ3v) is 3.56. The number of unbranched alkanes of at least 4 members (excludes halogenated alkanes) is 1. The van der Waals surface area contributed by atoms with Gasteiger partial charge in [-0.1, -0.05) is 0 Å². The Morgan fingerprint density at radius 1 is 1.29 bits per heavy atom. The van der Waals surface area contributed by atoms with E-state index in [4.69, 9.17) is 5.73 Å². The Morgan fingerprint density at radius 2 is 1.88 bits per heavy atom. The minimum atomic E-state index is 0.0173. The Labute approximate surface area is 118 Å². The zero-order valence-electron chi connectivity index (χ0n) is 9.72. The molecule has 0 unspecified atom stereocenters. The summed E-state index contributed by atoms with van der Waals surface area (Å²) >= 11 is 6.89. The van der Waals surface area contributed by atoms with Crippen LogP contribution in [0.1, 0.15) is 24.8 Å². The number of hydrogen-bond acceptors (Lipinski definition) is 2. The summed E-state index contributed by atoms with van der Waals surface area (Å²) in [6.07, 6.45) is 2.21. The first-order valence-electron chi connectivity index (χ1n) is 5.50. The molecule has 0 aliphatic carbocycles. The van der Waals surface area contributed by atoms with E-state index in [9.17, 15) is 4.79 Å². The van der Waals surface area contributed by atoms with Crippen molar-refractivity contribution in [3.05, 3.63) is 26.6 Å². The van der Waals surface area contributed by atoms with Crippen molar-refractivity contribution in [3.63, 3.8) is 0 Å². The standard InChI is InChI=1S/C12H16Br2N2O/c1-8-6-9(13)12(10(14)7-8)16-11(17)4-2-3-5-15/h6-7H,2-5,15H2,1H3,(H,16,17). The summed E-state index contributed by atoms with van der Waals surface area (Å²) in [5.41, 5.74) is 7.30. The van der Waals surface area contributed by atoms with Crippen LogP contribution >= 0.6 is 31.9 Å². The molecule has 5 heteroatoms. The monoisotopic (exact) mass is 362 g/mol. The first-order valence-corrected chi connectivity index (χ1v) is 7.08. The van der Waals surface area contributed by atoms with Crippen molar-refractivity contribution in [2.75, 3.05) is 11.9 Å². The van der Waals surface area contributed by atoms with Gasteiger partial charge in [0.1, 0.15) is 0 Å². The minimum Gasteiger partial charge on any atom is -0.330 e. The Hall–Kier alpha value is -0.390. The molecule has 17 heavy (non-hydrogen) atoms. The first kappa shape index (κ1) is 14.7. The van der Waals surface area contributed by atoms with Gasteiger partial charge in [-0.25, -0.2) is 0 Å². The molecule has 1 amide bonds. The van der Waals surface area contributed by atoms with E-state index in [0.29, 0.717) is 13.0 Å². The molecule has 3 nitrogen and oxygen atoms in total. The van der Waals surface area contributed by atoms with E-state index in [1.54, 1.807) is 0 Å². The molecule has 1 rings (SSSR count). The number of nitrogens with one attached hydrogen (secondary N) is 1. The van der Waals surface area contributed by atoms with Crippen molar-refractivity contribution in [3.8, 4) is 0 Å². The van der Waals surface area contributed by atoms with Crippen LogP contribution in [0, 0.1) is 6.92 Å². The van der Waals surface area contributed by atoms with Gasteiger partial charge in [0.2, 0.25) is 5.91 Å². The van der Waals surface area contributed by atoms with Gasteiger partial charge in [-0.15, -0.1) is 0 Å². The second-order valence-corrected chi connectivity index (χ2v) is 5.61. The van der Waals surface area contributed by atoms with Gasteiger partial charge in [-0.05, 0) is 75.9 Å². The van der Waals surface area contributed by atoms with Gasteiger partial charge in [0.05, 0.1) is 5.69 Å². The number of rotatable bonds is 5. The van der Waals surface area contributed by atoms with Crippen LogP contribution in [0.4, 0.5) is 5.69 Å². The van der Waals surface area contributed by atoms with Crippen LogP contribution in [0.2, 0.25) is 0 Å². The van der Waals surface area contributed by atoms with E-state index >= 15 is 0 Å². The summed E-state index contributed by atoms with van der Waals surface area (Å²) in [6.45, 7) is 2.63. The Bertz CT molecular complexity index is 384. The van der Waals surface area contributed by atoms with Crippen LogP contribution in [0.25, 0.3) is 0 Å². The highest BCUT2D eigenvalue weighted by Gasteiger charge is 2.09. The molecule has 0 saturated heterocycles. The van der Waals surface area contributed by atoms with Gasteiger partial charge in [0.25, 0.3) is 0 Å². The quantitative estimate of drug-likeness (QED) is 0.785. The van der Waals surface area contributed by atoms with Crippen molar-refractivity contribution in [1.82, 2.24) is 0 Å². The second-order valence-electron chi connectivity index (χ2n) is 3.90. The van der Waals surface area contributed by atoms with Crippen molar-refractivity contribution in [2.45, 2.75) is 26.2 Å². The molecule has 0 bridgehead atoms. The maximum absolute atomic E-state index is 11.7. The van der Waals surface area contributed by atoms with Gasteiger partial charge in [0.15, 0.2) is 0 Å². The minimum absolute atomic E-state index is 0.0173. The summed E-state index contributed by atoms with van der Waals surface area (Å²) in [6, 6.07) is 3.94. The van der Waals surface area contributed by atoms with Gasteiger partial charge < -0.3 is 11.1 Å². The molecule has 0 saturated carbocycles. The molecule has 0 aromatic heterocycles. The predicted octanol–water partition coefficient (Wildman–Crippen LogP) is 3.59. The largest absolute Gasteiger partial charge is 0.330 e. The number of halogens is 2. The average molecular weight is 364 g/mol. The number of nitrogens with two attached hydrogens (primary N) is 1. The van der Waals surface area contributed by atoms with E-state index in [0.717, 1.165) is 33.0 Å². The van der Waals surface area contributed by atoms with Crippen LogP contribution in [-0.2, 0) is 4.79 Å². The number of benzene rings is 1. The highest BCUT2D eigenvalue weighted by Crippen LogP contribution is 2.32. The van der Waals surface area contributed by atoms with E-state index in [1.807, 2.05) is 19.1 Å². The number of hydrogen-bond donors (Lipinski definition) is 2. The first-order chi connectivity index (χ1) is 8.04. The molecule has 94 valence electrons. The summed E-state index contributed by atoms with van der Waals surface area (Å²) in [7, 11) is 0. The lowest BCUT2D eigenvalue weighted by Gasteiger charge is -2.10. The van der Waals surface area contributed by atoms with Crippen molar-refractivity contribution in [1.29, 1.82) is 0 Å². The molecule has 0 aliphatic rings. The molecule has 0 spiro atoms. The maximum Gasteiger partial charge on any atom is 0.224 e. The zero-order chi connectivity index (χ0) is 12.8. The maximum atomic E-state index is 11.7. The van der Waals surface area contributed by atoms with Crippen LogP contribution < -0.4 is 11.1 Å². The highest BCUT2D eigenvalue weighted by atomic mass is 79.9. The number of amides is 1. The summed E-state index contributed by atoms with van der Waals surface area (Å²) in [5.74, 6) is 0.0173. The molecule has 0 aliphatic heterocycles. The summed E-state index contributed by atoms with van der Waals surface area (Å²) in [5, 5.41) is 2.89. The number of anilines is 1. The Balaban J connectivity index is 2.65. The van der Waals surface area contributed by atoms with Gasteiger partial charge in [0, 0.05) is 15.4 Å². The van der Waals surface area contributed by atoms with E-state index < -0.39 is 0 Å². The third kappa shape index (κ3) is 4.77. The van der Waals surface area contributed by atoms with Crippen LogP contribution in [0.3, 0.4) is 0 Å². The summed E-state index contributed by atoms with van der Waals surface area (Å²) < 4.78 is 1.77. The number of carbonyl (C=O) groups excluding carboxylic acids is 1. The fourth-order valence-electron chi connectivity index (χ4n) is 1.45. The third-order valence-electron chi connectivity index (χ3n) is 2.31. The molecule has 1 aromatic rings. The Morgan fingerprint density at radius 3 is 2.41 bits per heavy atom. The second kappa shape index (κ2) is 7.13. The van der Waals surface area contributed by atoms with Crippen molar-refractivity contribution < 1.29 is 4.79 Å². The van der Waals surface area contributed by atoms with Crippen LogP contribution in [-0.4, -0.2) is 12.5 Å². The smallest absolute Gasteiger partial charge is 0.224 e. The van der Waals surface area contributed by atoms with E-state index in [2.05, 4.69) is 37.2 Å². The summed E-state index contributed by atoms with van der Waals surface area (Å²) in [4.78, 5) is 11.7. The zero-order valence-corrected chi connectivity index (χ0v) is 12.9. The normalized spacial score (nSPS) is 10.4. The molecule has 0 radical (unpaired) electrons. The number of carbonyl (C=O) groups is 1. The average Bonchev–Trinajstić information content (AvgIpc) is 2.24. The molecule has 1 aromatic carbocycles.